The number of rotatable bonds is 3. The lowest BCUT2D eigenvalue weighted by Gasteiger charge is -2.04. The average Bonchev–Trinajstić information content (AvgIpc) is 2.37. The molecule has 0 spiro atoms. The van der Waals surface area contributed by atoms with Crippen molar-refractivity contribution in [2.45, 2.75) is 11.8 Å². The van der Waals surface area contributed by atoms with Gasteiger partial charge in [0.15, 0.2) is 5.78 Å². The van der Waals surface area contributed by atoms with Crippen LogP contribution in [0.3, 0.4) is 0 Å². The molecule has 0 saturated heterocycles. The fraction of sp³-hybridized carbons (Fsp3) is 0.133. The second-order valence-electron chi connectivity index (χ2n) is 4.07. The Balaban J connectivity index is 2.34. The van der Waals surface area contributed by atoms with Gasteiger partial charge < -0.3 is 0 Å². The number of aryl methyl sites for hydroxylation is 1. The number of hydrogen-bond acceptors (Lipinski definition) is 2. The lowest BCUT2D eigenvalue weighted by molar-refractivity contribution is 0.103. The highest BCUT2D eigenvalue weighted by Crippen LogP contribution is 2.18. The van der Waals surface area contributed by atoms with Gasteiger partial charge in [-0.15, -0.1) is 11.8 Å². The Bertz CT molecular complexity index is 555. The summed E-state index contributed by atoms with van der Waals surface area (Å²) in [7, 11) is 0. The molecule has 92 valence electrons. The van der Waals surface area contributed by atoms with Gasteiger partial charge in [0, 0.05) is 16.0 Å². The normalized spacial score (nSPS) is 10.4. The van der Waals surface area contributed by atoms with E-state index in [1.165, 1.54) is 12.1 Å². The van der Waals surface area contributed by atoms with Crippen LogP contribution in [0.1, 0.15) is 21.5 Å². The predicted molar refractivity (Wildman–Crippen MR) is 72.8 cm³/mol. The number of carbonyl (C=O) groups excluding carboxylic acids is 1. The maximum absolute atomic E-state index is 13.3. The van der Waals surface area contributed by atoms with Crippen LogP contribution in [0.2, 0.25) is 0 Å². The molecule has 0 aromatic heterocycles. The largest absolute Gasteiger partial charge is 0.289 e. The monoisotopic (exact) mass is 260 g/mol. The van der Waals surface area contributed by atoms with Crippen LogP contribution in [-0.4, -0.2) is 12.0 Å². The summed E-state index contributed by atoms with van der Waals surface area (Å²) in [4.78, 5) is 13.3. The third-order valence-electron chi connectivity index (χ3n) is 2.66. The van der Waals surface area contributed by atoms with Crippen LogP contribution >= 0.6 is 11.8 Å². The molecule has 0 aliphatic heterocycles. The standard InChI is InChI=1S/C15H13FOS/c1-10-7-12(9-13(16)8-10)15(17)11-3-5-14(18-2)6-4-11/h3-9H,1-2H3. The molecule has 0 aliphatic rings. The highest BCUT2D eigenvalue weighted by molar-refractivity contribution is 7.98. The molecule has 0 saturated carbocycles. The lowest BCUT2D eigenvalue weighted by atomic mass is 10.0. The van der Waals surface area contributed by atoms with Gasteiger partial charge >= 0.3 is 0 Å². The van der Waals surface area contributed by atoms with Gasteiger partial charge in [-0.05, 0) is 61.2 Å². The molecule has 0 N–H and O–H groups in total. The summed E-state index contributed by atoms with van der Waals surface area (Å²) < 4.78 is 13.3. The molecule has 1 nitrogen and oxygen atoms in total. The molecule has 0 fully saturated rings. The maximum atomic E-state index is 13.3. The summed E-state index contributed by atoms with van der Waals surface area (Å²) in [5.41, 5.74) is 1.72. The zero-order valence-corrected chi connectivity index (χ0v) is 11.1. The summed E-state index contributed by atoms with van der Waals surface area (Å²) in [6.45, 7) is 1.77. The van der Waals surface area contributed by atoms with E-state index in [9.17, 15) is 9.18 Å². The number of benzene rings is 2. The molecule has 0 heterocycles. The molecule has 3 heteroatoms. The van der Waals surface area contributed by atoms with Crippen molar-refractivity contribution in [2.75, 3.05) is 6.26 Å². The number of halogens is 1. The first-order chi connectivity index (χ1) is 8.60. The van der Waals surface area contributed by atoms with E-state index in [2.05, 4.69) is 0 Å². The molecule has 2 aromatic carbocycles. The lowest BCUT2D eigenvalue weighted by Crippen LogP contribution is -2.02. The highest BCUT2D eigenvalue weighted by atomic mass is 32.2. The summed E-state index contributed by atoms with van der Waals surface area (Å²) >= 11 is 1.62. The molecule has 18 heavy (non-hydrogen) atoms. The number of thioether (sulfide) groups is 1. The van der Waals surface area contributed by atoms with Crippen molar-refractivity contribution in [2.24, 2.45) is 0 Å². The Hall–Kier alpha value is -1.61. The predicted octanol–water partition coefficient (Wildman–Crippen LogP) is 4.09. The van der Waals surface area contributed by atoms with Crippen molar-refractivity contribution in [3.63, 3.8) is 0 Å². The topological polar surface area (TPSA) is 17.1 Å². The van der Waals surface area contributed by atoms with Crippen molar-refractivity contribution in [1.82, 2.24) is 0 Å². The van der Waals surface area contributed by atoms with Crippen molar-refractivity contribution in [1.29, 1.82) is 0 Å². The van der Waals surface area contributed by atoms with Crippen molar-refractivity contribution in [3.8, 4) is 0 Å². The summed E-state index contributed by atoms with van der Waals surface area (Å²) in [5.74, 6) is -0.524. The zero-order chi connectivity index (χ0) is 13.1. The minimum absolute atomic E-state index is 0.148. The molecule has 2 rings (SSSR count). The smallest absolute Gasteiger partial charge is 0.193 e. The summed E-state index contributed by atoms with van der Waals surface area (Å²) in [5, 5.41) is 0. The Labute approximate surface area is 110 Å². The quantitative estimate of drug-likeness (QED) is 0.611. The second kappa shape index (κ2) is 5.36. The fourth-order valence-corrected chi connectivity index (χ4v) is 2.18. The molecule has 0 atom stereocenters. The van der Waals surface area contributed by atoms with Gasteiger partial charge in [-0.25, -0.2) is 4.39 Å². The second-order valence-corrected chi connectivity index (χ2v) is 4.95. The van der Waals surface area contributed by atoms with Gasteiger partial charge in [0.05, 0.1) is 0 Å². The van der Waals surface area contributed by atoms with E-state index in [-0.39, 0.29) is 11.6 Å². The molecule has 0 bridgehead atoms. The van der Waals surface area contributed by atoms with Gasteiger partial charge in [0.25, 0.3) is 0 Å². The molecule has 0 radical (unpaired) electrons. The van der Waals surface area contributed by atoms with Crippen LogP contribution in [-0.2, 0) is 0 Å². The number of hydrogen-bond donors (Lipinski definition) is 0. The first kappa shape index (κ1) is 12.8. The van der Waals surface area contributed by atoms with Crippen LogP contribution in [0.25, 0.3) is 0 Å². The Morgan fingerprint density at radius 2 is 1.72 bits per heavy atom. The van der Waals surface area contributed by atoms with Crippen molar-refractivity contribution >= 4 is 17.5 Å². The fourth-order valence-electron chi connectivity index (χ4n) is 1.78. The Kier molecular flexibility index (Phi) is 3.82. The Morgan fingerprint density at radius 3 is 2.28 bits per heavy atom. The minimum atomic E-state index is -0.376. The minimum Gasteiger partial charge on any atom is -0.289 e. The summed E-state index contributed by atoms with van der Waals surface area (Å²) in [6.07, 6.45) is 1.98. The number of ketones is 1. The molecular weight excluding hydrogens is 247 g/mol. The van der Waals surface area contributed by atoms with Crippen LogP contribution in [0.15, 0.2) is 47.4 Å². The van der Waals surface area contributed by atoms with Gasteiger partial charge in [-0.2, -0.15) is 0 Å². The summed E-state index contributed by atoms with van der Waals surface area (Å²) in [6, 6.07) is 11.7. The third kappa shape index (κ3) is 2.79. The highest BCUT2D eigenvalue weighted by Gasteiger charge is 2.10. The van der Waals surface area contributed by atoms with Gasteiger partial charge in [-0.3, -0.25) is 4.79 Å². The van der Waals surface area contributed by atoms with E-state index in [0.29, 0.717) is 11.1 Å². The van der Waals surface area contributed by atoms with E-state index < -0.39 is 0 Å². The van der Waals surface area contributed by atoms with E-state index in [1.54, 1.807) is 36.9 Å². The van der Waals surface area contributed by atoms with E-state index in [4.69, 9.17) is 0 Å². The van der Waals surface area contributed by atoms with Crippen LogP contribution in [0, 0.1) is 12.7 Å². The van der Waals surface area contributed by atoms with Gasteiger partial charge in [0.1, 0.15) is 5.82 Å². The molecule has 0 unspecified atom stereocenters. The maximum Gasteiger partial charge on any atom is 0.193 e. The van der Waals surface area contributed by atoms with Crippen molar-refractivity contribution < 1.29 is 9.18 Å². The SMILES string of the molecule is CSc1ccc(C(=O)c2cc(C)cc(F)c2)cc1. The van der Waals surface area contributed by atoms with E-state index in [0.717, 1.165) is 10.5 Å². The zero-order valence-electron chi connectivity index (χ0n) is 10.2. The average molecular weight is 260 g/mol. The van der Waals surface area contributed by atoms with E-state index in [1.807, 2.05) is 18.4 Å². The van der Waals surface area contributed by atoms with Crippen LogP contribution in [0.5, 0.6) is 0 Å². The third-order valence-corrected chi connectivity index (χ3v) is 3.40. The van der Waals surface area contributed by atoms with Gasteiger partial charge in [0.2, 0.25) is 0 Å². The first-order valence-corrected chi connectivity index (χ1v) is 6.78. The Morgan fingerprint density at radius 1 is 1.06 bits per heavy atom. The molecular formula is C15H13FOS. The molecule has 0 amide bonds. The van der Waals surface area contributed by atoms with Gasteiger partial charge in [-0.1, -0.05) is 0 Å². The van der Waals surface area contributed by atoms with E-state index >= 15 is 0 Å². The number of carbonyl (C=O) groups is 1. The van der Waals surface area contributed by atoms with Crippen LogP contribution < -0.4 is 0 Å². The van der Waals surface area contributed by atoms with Crippen molar-refractivity contribution in [3.05, 3.63) is 65.0 Å². The van der Waals surface area contributed by atoms with Crippen LogP contribution in [0.4, 0.5) is 4.39 Å². The molecule has 0 aliphatic carbocycles. The molecule has 2 aromatic rings. The first-order valence-electron chi connectivity index (χ1n) is 5.56.